The third-order valence-corrected chi connectivity index (χ3v) is 4.78. The molecule has 1 heterocycles. The Hall–Kier alpha value is -3.04. The molecule has 0 spiro atoms. The van der Waals surface area contributed by atoms with Gasteiger partial charge >= 0.3 is 0 Å². The molecule has 0 saturated carbocycles. The highest BCUT2D eigenvalue weighted by Gasteiger charge is 2.09. The van der Waals surface area contributed by atoms with Gasteiger partial charge in [-0.05, 0) is 37.3 Å². The highest BCUT2D eigenvalue weighted by atomic mass is 32.1. The van der Waals surface area contributed by atoms with Gasteiger partial charge in [0.15, 0.2) is 11.4 Å². The van der Waals surface area contributed by atoms with E-state index in [4.69, 9.17) is 15.9 Å². The first-order valence-electron chi connectivity index (χ1n) is 7.98. The van der Waals surface area contributed by atoms with Crippen molar-refractivity contribution < 1.29 is 14.3 Å². The molecule has 0 unspecified atom stereocenters. The molecule has 0 aliphatic heterocycles. The van der Waals surface area contributed by atoms with Crippen LogP contribution in [0.3, 0.4) is 0 Å². The van der Waals surface area contributed by atoms with Crippen molar-refractivity contribution >= 4 is 27.5 Å². The van der Waals surface area contributed by atoms with Crippen LogP contribution >= 0.6 is 11.3 Å². The van der Waals surface area contributed by atoms with E-state index < -0.39 is 0 Å². The number of thiazole rings is 1. The second-order valence-corrected chi connectivity index (χ2v) is 6.62. The van der Waals surface area contributed by atoms with Crippen molar-refractivity contribution in [2.45, 2.75) is 13.5 Å². The number of carbonyl (C=O) groups excluding carboxylic acids is 1. The molecule has 3 aromatic rings. The van der Waals surface area contributed by atoms with Gasteiger partial charge in [-0.1, -0.05) is 35.0 Å². The highest BCUT2D eigenvalue weighted by molar-refractivity contribution is 7.16. The summed E-state index contributed by atoms with van der Waals surface area (Å²) >= 11 is 1.39. The minimum absolute atomic E-state index is 0.128. The van der Waals surface area contributed by atoms with Gasteiger partial charge in [0.05, 0.1) is 23.9 Å². The highest BCUT2D eigenvalue weighted by Crippen LogP contribution is 2.23. The lowest BCUT2D eigenvalue weighted by atomic mass is 10.2. The van der Waals surface area contributed by atoms with Crippen LogP contribution in [0.15, 0.2) is 47.5 Å². The summed E-state index contributed by atoms with van der Waals surface area (Å²) in [5.41, 5.74) is 2.05. The first-order valence-corrected chi connectivity index (χ1v) is 8.80. The van der Waals surface area contributed by atoms with E-state index in [1.165, 1.54) is 11.3 Å². The Morgan fingerprint density at radius 1 is 1.23 bits per heavy atom. The van der Waals surface area contributed by atoms with Crippen molar-refractivity contribution in [1.29, 1.82) is 0 Å². The number of terminal acetylenes is 1. The molecular formula is C20H18N2O3S. The summed E-state index contributed by atoms with van der Waals surface area (Å²) in [6, 6.07) is 13.2. The normalized spacial score (nSPS) is 11.3. The number of nitrogens with zero attached hydrogens (tertiary/aromatic N) is 2. The van der Waals surface area contributed by atoms with Crippen LogP contribution in [-0.2, 0) is 11.3 Å². The minimum atomic E-state index is -0.366. The number of ether oxygens (including phenoxy) is 2. The van der Waals surface area contributed by atoms with E-state index in [1.54, 1.807) is 7.11 Å². The van der Waals surface area contributed by atoms with Gasteiger partial charge < -0.3 is 14.0 Å². The smallest absolute Gasteiger partial charge is 0.286 e. The van der Waals surface area contributed by atoms with Gasteiger partial charge in [0.25, 0.3) is 5.91 Å². The largest absolute Gasteiger partial charge is 0.497 e. The molecule has 0 radical (unpaired) electrons. The van der Waals surface area contributed by atoms with Crippen molar-refractivity contribution in [1.82, 2.24) is 4.57 Å². The Morgan fingerprint density at radius 2 is 1.96 bits per heavy atom. The standard InChI is InChI=1S/C20H18N2O3S/c1-4-11-22-17-10-9-16(24-3)12-18(17)26-20(22)21-19(23)13-25-15-7-5-14(2)6-8-15/h1,5-10,12H,11,13H2,2-3H3. The molecular weight excluding hydrogens is 348 g/mol. The number of carbonyl (C=O) groups is 1. The summed E-state index contributed by atoms with van der Waals surface area (Å²) < 4.78 is 13.5. The number of aryl methyl sites for hydroxylation is 1. The van der Waals surface area contributed by atoms with Crippen molar-refractivity contribution in [2.24, 2.45) is 4.99 Å². The molecule has 0 aliphatic carbocycles. The molecule has 0 saturated heterocycles. The molecule has 0 N–H and O–H groups in total. The average Bonchev–Trinajstić information content (AvgIpc) is 2.98. The number of rotatable bonds is 5. The molecule has 26 heavy (non-hydrogen) atoms. The van der Waals surface area contributed by atoms with Crippen LogP contribution in [-0.4, -0.2) is 24.2 Å². The Balaban J connectivity index is 1.87. The van der Waals surface area contributed by atoms with Crippen molar-refractivity contribution in [3.8, 4) is 23.8 Å². The van der Waals surface area contributed by atoms with E-state index in [1.807, 2.05) is 54.0 Å². The first-order chi connectivity index (χ1) is 12.6. The molecule has 132 valence electrons. The van der Waals surface area contributed by atoms with Gasteiger partial charge in [-0.15, -0.1) is 6.42 Å². The summed E-state index contributed by atoms with van der Waals surface area (Å²) in [4.78, 5) is 17.0. The molecule has 0 aliphatic rings. The lowest BCUT2D eigenvalue weighted by Crippen LogP contribution is -2.19. The lowest BCUT2D eigenvalue weighted by Gasteiger charge is -2.03. The van der Waals surface area contributed by atoms with Gasteiger partial charge in [0, 0.05) is 0 Å². The Morgan fingerprint density at radius 3 is 2.65 bits per heavy atom. The molecule has 1 amide bonds. The van der Waals surface area contributed by atoms with Crippen molar-refractivity contribution in [3.63, 3.8) is 0 Å². The van der Waals surface area contributed by atoms with Crippen LogP contribution in [0.5, 0.6) is 11.5 Å². The van der Waals surface area contributed by atoms with Gasteiger partial charge in [0.2, 0.25) is 0 Å². The van der Waals surface area contributed by atoms with E-state index >= 15 is 0 Å². The molecule has 0 bridgehead atoms. The van der Waals surface area contributed by atoms with Gasteiger partial charge in [-0.3, -0.25) is 4.79 Å². The minimum Gasteiger partial charge on any atom is -0.497 e. The van der Waals surface area contributed by atoms with Crippen LogP contribution in [0.1, 0.15) is 5.56 Å². The summed E-state index contributed by atoms with van der Waals surface area (Å²) in [6.07, 6.45) is 5.47. The predicted molar refractivity (Wildman–Crippen MR) is 102 cm³/mol. The Labute approximate surface area is 155 Å². The topological polar surface area (TPSA) is 52.8 Å². The fourth-order valence-electron chi connectivity index (χ4n) is 2.43. The molecule has 0 fully saturated rings. The third-order valence-electron chi connectivity index (χ3n) is 3.74. The van der Waals surface area contributed by atoms with Gasteiger partial charge in [-0.2, -0.15) is 4.99 Å². The predicted octanol–water partition coefficient (Wildman–Crippen LogP) is 3.16. The molecule has 6 heteroatoms. The van der Waals surface area contributed by atoms with E-state index in [0.717, 1.165) is 21.5 Å². The van der Waals surface area contributed by atoms with Crippen molar-refractivity contribution in [2.75, 3.05) is 13.7 Å². The fourth-order valence-corrected chi connectivity index (χ4v) is 3.50. The first kappa shape index (κ1) is 17.8. The zero-order valence-corrected chi connectivity index (χ0v) is 15.4. The van der Waals surface area contributed by atoms with Gasteiger partial charge in [-0.25, -0.2) is 0 Å². The Kier molecular flexibility index (Phi) is 5.40. The maximum atomic E-state index is 12.2. The summed E-state index contributed by atoms with van der Waals surface area (Å²) in [7, 11) is 1.61. The summed E-state index contributed by atoms with van der Waals surface area (Å²) in [6.45, 7) is 2.19. The van der Waals surface area contributed by atoms with E-state index in [-0.39, 0.29) is 12.5 Å². The summed E-state index contributed by atoms with van der Waals surface area (Å²) in [5.74, 6) is 3.62. The quantitative estimate of drug-likeness (QED) is 0.652. The average molecular weight is 366 g/mol. The van der Waals surface area contributed by atoms with Crippen LogP contribution in [0.4, 0.5) is 0 Å². The number of methoxy groups -OCH3 is 1. The molecule has 0 atom stereocenters. The molecule has 1 aromatic heterocycles. The zero-order chi connectivity index (χ0) is 18.5. The fraction of sp³-hybridized carbons (Fsp3) is 0.200. The number of aromatic nitrogens is 1. The maximum Gasteiger partial charge on any atom is 0.286 e. The summed E-state index contributed by atoms with van der Waals surface area (Å²) in [5, 5.41) is 0. The SMILES string of the molecule is C#CCn1c(=NC(=O)COc2ccc(C)cc2)sc2cc(OC)ccc21. The van der Waals surface area contributed by atoms with Gasteiger partial charge in [0.1, 0.15) is 11.5 Å². The molecule has 5 nitrogen and oxygen atoms in total. The third kappa shape index (κ3) is 3.95. The molecule has 2 aromatic carbocycles. The molecule has 3 rings (SSSR count). The number of hydrogen-bond donors (Lipinski definition) is 0. The van der Waals surface area contributed by atoms with Crippen LogP contribution in [0.25, 0.3) is 10.2 Å². The van der Waals surface area contributed by atoms with Crippen LogP contribution < -0.4 is 14.3 Å². The van der Waals surface area contributed by atoms with E-state index in [9.17, 15) is 4.79 Å². The second-order valence-electron chi connectivity index (χ2n) is 5.62. The monoisotopic (exact) mass is 366 g/mol. The van der Waals surface area contributed by atoms with Crippen LogP contribution in [0, 0.1) is 19.3 Å². The van der Waals surface area contributed by atoms with E-state index in [0.29, 0.717) is 17.1 Å². The number of amides is 1. The zero-order valence-electron chi connectivity index (χ0n) is 14.6. The number of benzene rings is 2. The number of hydrogen-bond acceptors (Lipinski definition) is 4. The van der Waals surface area contributed by atoms with Crippen LogP contribution in [0.2, 0.25) is 0 Å². The maximum absolute atomic E-state index is 12.2. The van der Waals surface area contributed by atoms with E-state index in [2.05, 4.69) is 10.9 Å². The number of fused-ring (bicyclic) bond motifs is 1. The Bertz CT molecular complexity index is 1040. The van der Waals surface area contributed by atoms with Crippen molar-refractivity contribution in [3.05, 3.63) is 52.8 Å². The second kappa shape index (κ2) is 7.89. The lowest BCUT2D eigenvalue weighted by molar-refractivity contribution is -0.120.